The van der Waals surface area contributed by atoms with Gasteiger partial charge in [-0.05, 0) is 31.2 Å². The molecule has 4 heterocycles. The summed E-state index contributed by atoms with van der Waals surface area (Å²) < 4.78 is 40.0. The van der Waals surface area contributed by atoms with Crippen molar-refractivity contribution in [2.45, 2.75) is 99.0 Å². The van der Waals surface area contributed by atoms with Crippen LogP contribution in [0.4, 0.5) is 0 Å². The third-order valence-electron chi connectivity index (χ3n) is 9.30. The van der Waals surface area contributed by atoms with Gasteiger partial charge in [0.15, 0.2) is 24.4 Å². The van der Waals surface area contributed by atoms with E-state index in [0.717, 1.165) is 12.1 Å². The highest BCUT2D eigenvalue weighted by Crippen LogP contribution is 2.38. The molecule has 20 nitrogen and oxygen atoms in total. The van der Waals surface area contributed by atoms with Crippen LogP contribution in [0.2, 0.25) is 0 Å². The van der Waals surface area contributed by atoms with Crippen molar-refractivity contribution in [1.82, 2.24) is 0 Å². The molecule has 0 spiro atoms. The quantitative estimate of drug-likeness (QED) is 0.100. The molecule has 3 aromatic rings. The Labute approximate surface area is 298 Å². The fourth-order valence-corrected chi connectivity index (χ4v) is 6.25. The molecule has 2 aromatic carbocycles. The SMILES string of the molecule is C[C@H]1OC(OC[C@H]2OC(Oc3c(-c4ccc(O)cc4)oc4cc(O)cc(O)c4c3=O)[C@H](OC3O[C@H](CO)[C@H](O)[C@H](O)[C@H]3O)[C@@H](O)[C@@H]2O)[C@@H](O)[C@@H](O)[C@@H]1O. The second-order valence-corrected chi connectivity index (χ2v) is 12.9. The van der Waals surface area contributed by atoms with Crippen LogP contribution < -0.4 is 10.2 Å². The molecule has 3 aliphatic heterocycles. The first-order valence-corrected chi connectivity index (χ1v) is 16.4. The molecule has 1 aromatic heterocycles. The summed E-state index contributed by atoms with van der Waals surface area (Å²) in [6, 6.07) is 7.05. The van der Waals surface area contributed by atoms with Crippen molar-refractivity contribution < 1.29 is 94.1 Å². The topological polar surface area (TPSA) is 328 Å². The highest BCUT2D eigenvalue weighted by molar-refractivity contribution is 5.88. The van der Waals surface area contributed by atoms with Crippen LogP contribution in [0.3, 0.4) is 0 Å². The predicted octanol–water partition coefficient (Wildman–Crippen LogP) is -3.57. The maximum atomic E-state index is 14.0. The zero-order valence-electron chi connectivity index (χ0n) is 27.7. The molecule has 6 rings (SSSR count). The van der Waals surface area contributed by atoms with Crippen molar-refractivity contribution in [3.63, 3.8) is 0 Å². The number of aliphatic hydroxyl groups is 9. The molecule has 3 unspecified atom stereocenters. The van der Waals surface area contributed by atoms with E-state index in [4.69, 9.17) is 32.8 Å². The summed E-state index contributed by atoms with van der Waals surface area (Å²) in [7, 11) is 0. The second-order valence-electron chi connectivity index (χ2n) is 12.9. The van der Waals surface area contributed by atoms with Crippen LogP contribution in [0.25, 0.3) is 22.3 Å². The van der Waals surface area contributed by atoms with Crippen LogP contribution in [0.5, 0.6) is 23.0 Å². The minimum atomic E-state index is -2.06. The summed E-state index contributed by atoms with van der Waals surface area (Å²) in [6.45, 7) is -0.140. The van der Waals surface area contributed by atoms with E-state index in [0.29, 0.717) is 0 Å². The summed E-state index contributed by atoms with van der Waals surface area (Å²) >= 11 is 0. The first-order chi connectivity index (χ1) is 25.1. The lowest BCUT2D eigenvalue weighted by atomic mass is 9.97. The van der Waals surface area contributed by atoms with Gasteiger partial charge in [-0.3, -0.25) is 4.79 Å². The normalized spacial score (nSPS) is 37.8. The van der Waals surface area contributed by atoms with E-state index < -0.39 is 133 Å². The molecule has 12 N–H and O–H groups in total. The van der Waals surface area contributed by atoms with Crippen molar-refractivity contribution in [3.8, 4) is 34.3 Å². The monoisotopic (exact) mass is 756 g/mol. The van der Waals surface area contributed by atoms with E-state index >= 15 is 0 Å². The average molecular weight is 757 g/mol. The maximum absolute atomic E-state index is 14.0. The lowest BCUT2D eigenvalue weighted by Crippen LogP contribution is -2.65. The van der Waals surface area contributed by atoms with Crippen molar-refractivity contribution in [2.24, 2.45) is 0 Å². The highest BCUT2D eigenvalue weighted by Gasteiger charge is 2.52. The maximum Gasteiger partial charge on any atom is 0.239 e. The molecule has 3 saturated heterocycles. The van der Waals surface area contributed by atoms with Gasteiger partial charge in [0.25, 0.3) is 0 Å². The molecule has 0 radical (unpaired) electrons. The van der Waals surface area contributed by atoms with E-state index in [1.807, 2.05) is 0 Å². The van der Waals surface area contributed by atoms with Crippen LogP contribution in [0, 0.1) is 0 Å². The minimum Gasteiger partial charge on any atom is -0.508 e. The summed E-state index contributed by atoms with van der Waals surface area (Å²) in [4.78, 5) is 14.0. The number of rotatable bonds is 9. The van der Waals surface area contributed by atoms with Gasteiger partial charge in [-0.25, -0.2) is 0 Å². The summed E-state index contributed by atoms with van der Waals surface area (Å²) in [6.07, 6.45) is -26.1. The smallest absolute Gasteiger partial charge is 0.239 e. The van der Waals surface area contributed by atoms with Crippen molar-refractivity contribution in [1.29, 1.82) is 0 Å². The van der Waals surface area contributed by atoms with E-state index in [1.54, 1.807) is 0 Å². The van der Waals surface area contributed by atoms with Crippen molar-refractivity contribution in [2.75, 3.05) is 13.2 Å². The summed E-state index contributed by atoms with van der Waals surface area (Å²) in [5.74, 6) is -2.39. The van der Waals surface area contributed by atoms with Crippen LogP contribution in [-0.2, 0) is 23.7 Å². The number of phenols is 3. The van der Waals surface area contributed by atoms with Crippen molar-refractivity contribution in [3.05, 3.63) is 46.6 Å². The van der Waals surface area contributed by atoms with Crippen LogP contribution >= 0.6 is 0 Å². The van der Waals surface area contributed by atoms with Crippen molar-refractivity contribution >= 4 is 11.0 Å². The van der Waals surface area contributed by atoms with Gasteiger partial charge in [0, 0.05) is 17.7 Å². The van der Waals surface area contributed by atoms with Crippen LogP contribution in [0.15, 0.2) is 45.6 Å². The van der Waals surface area contributed by atoms with E-state index in [-0.39, 0.29) is 22.7 Å². The molecule has 20 heteroatoms. The molecule has 3 fully saturated rings. The predicted molar refractivity (Wildman–Crippen MR) is 171 cm³/mol. The summed E-state index contributed by atoms with van der Waals surface area (Å²) in [5, 5.41) is 124. The Morgan fingerprint density at radius 2 is 1.30 bits per heavy atom. The third-order valence-corrected chi connectivity index (χ3v) is 9.30. The highest BCUT2D eigenvalue weighted by atomic mass is 16.8. The Kier molecular flexibility index (Phi) is 11.5. The molecule has 0 amide bonds. The Hall–Kier alpha value is -3.71. The first kappa shape index (κ1) is 39.0. The number of fused-ring (bicyclic) bond motifs is 1. The standard InChI is InChI=1S/C33H40O20/c1-10-19(38)23(42)26(45)31(48-10)47-9-17-21(40)25(44)30(53-32-27(46)24(43)20(39)16(8-34)50-32)33(51-17)52-29-22(41)18-14(37)6-13(36)7-15(18)49-28(29)11-2-4-12(35)5-3-11/h2-7,10,16-17,19-21,23-27,30-40,42-46H,8-9H2,1H3/t10-,16-,17-,19-,20+,21-,23+,24+,25+,26+,27-,30-,31?,32?,33?/m1/s1. The van der Waals surface area contributed by atoms with Gasteiger partial charge in [-0.1, -0.05) is 0 Å². The largest absolute Gasteiger partial charge is 0.508 e. The summed E-state index contributed by atoms with van der Waals surface area (Å²) in [5.41, 5.74) is -1.23. The second kappa shape index (κ2) is 15.6. The van der Waals surface area contributed by atoms with Gasteiger partial charge >= 0.3 is 0 Å². The average Bonchev–Trinajstić information content (AvgIpc) is 3.12. The number of phenolic OH excluding ortho intramolecular Hbond substituents is 3. The number of aliphatic hydroxyl groups excluding tert-OH is 9. The first-order valence-electron chi connectivity index (χ1n) is 16.4. The van der Waals surface area contributed by atoms with Gasteiger partial charge in [0.05, 0.1) is 19.3 Å². The third kappa shape index (κ3) is 7.52. The minimum absolute atomic E-state index is 0.112. The zero-order valence-corrected chi connectivity index (χ0v) is 27.7. The molecule has 0 saturated carbocycles. The van der Waals surface area contributed by atoms with Gasteiger partial charge in [-0.2, -0.15) is 0 Å². The van der Waals surface area contributed by atoms with Gasteiger partial charge in [0.2, 0.25) is 17.5 Å². The molecule has 3 aliphatic rings. The van der Waals surface area contributed by atoms with E-state index in [1.165, 1.54) is 31.2 Å². The van der Waals surface area contributed by atoms with Crippen LogP contribution in [-0.4, -0.2) is 167 Å². The molecule has 15 atom stereocenters. The number of benzene rings is 2. The van der Waals surface area contributed by atoms with Gasteiger partial charge in [-0.15, -0.1) is 0 Å². The van der Waals surface area contributed by atoms with E-state index in [9.17, 15) is 66.1 Å². The molecule has 0 bridgehead atoms. The Morgan fingerprint density at radius 3 is 1.98 bits per heavy atom. The fraction of sp³-hybridized carbons (Fsp3) is 0.545. The molecule has 0 aliphatic carbocycles. The fourth-order valence-electron chi connectivity index (χ4n) is 6.25. The van der Waals surface area contributed by atoms with Gasteiger partial charge in [0.1, 0.15) is 89.3 Å². The number of hydrogen-bond acceptors (Lipinski definition) is 20. The molecular weight excluding hydrogens is 716 g/mol. The lowest BCUT2D eigenvalue weighted by Gasteiger charge is -2.46. The molecule has 53 heavy (non-hydrogen) atoms. The Morgan fingerprint density at radius 1 is 0.679 bits per heavy atom. The number of aromatic hydroxyl groups is 3. The number of hydrogen-bond donors (Lipinski definition) is 12. The Balaban J connectivity index is 1.39. The number of ether oxygens (including phenoxy) is 6. The molecular formula is C33H40O20. The zero-order chi connectivity index (χ0) is 38.5. The lowest BCUT2D eigenvalue weighted by molar-refractivity contribution is -0.362. The van der Waals surface area contributed by atoms with Gasteiger partial charge < -0.3 is 94.1 Å². The molecule has 292 valence electrons. The van der Waals surface area contributed by atoms with Crippen LogP contribution in [0.1, 0.15) is 6.92 Å². The Bertz CT molecular complexity index is 1780. The van der Waals surface area contributed by atoms with E-state index in [2.05, 4.69) is 0 Å².